The van der Waals surface area contributed by atoms with Gasteiger partial charge in [0.1, 0.15) is 17.8 Å². The summed E-state index contributed by atoms with van der Waals surface area (Å²) in [4.78, 5) is 54.9. The normalized spacial score (nSPS) is 17.0. The molecule has 10 nitrogen and oxygen atoms in total. The molecular formula is C37H46N4O6S2. The van der Waals surface area contributed by atoms with Crippen molar-refractivity contribution in [3.05, 3.63) is 101 Å². The number of nitrogens with one attached hydrogen (secondary N) is 3. The van der Waals surface area contributed by atoms with Crippen molar-refractivity contribution in [2.45, 2.75) is 75.4 Å². The summed E-state index contributed by atoms with van der Waals surface area (Å²) in [6.07, 6.45) is -1.50. The number of rotatable bonds is 15. The number of benzene rings is 3. The summed E-state index contributed by atoms with van der Waals surface area (Å²) < 4.78 is 4.59. The largest absolute Gasteiger partial charge is 0.497 e. The van der Waals surface area contributed by atoms with Crippen LogP contribution in [0.1, 0.15) is 43.0 Å². The summed E-state index contributed by atoms with van der Waals surface area (Å²) in [5.74, 6) is -0.0638. The number of thioether (sulfide) groups is 2. The molecule has 1 aliphatic heterocycles. The summed E-state index contributed by atoms with van der Waals surface area (Å²) in [6.45, 7) is 7.42. The second-order valence-electron chi connectivity index (χ2n) is 12.6. The molecule has 12 heteroatoms. The highest BCUT2D eigenvalue weighted by molar-refractivity contribution is 8.00. The molecule has 0 aromatic heterocycles. The van der Waals surface area contributed by atoms with Gasteiger partial charge in [-0.2, -0.15) is 11.8 Å². The van der Waals surface area contributed by atoms with E-state index in [1.807, 2.05) is 99.6 Å². The van der Waals surface area contributed by atoms with Crippen molar-refractivity contribution < 1.29 is 29.0 Å². The molecule has 4 N–H and O–H groups in total. The van der Waals surface area contributed by atoms with E-state index < -0.39 is 40.8 Å². The van der Waals surface area contributed by atoms with Crippen molar-refractivity contribution in [1.29, 1.82) is 0 Å². The molecule has 4 atom stereocenters. The summed E-state index contributed by atoms with van der Waals surface area (Å²) in [5, 5.41) is 20.2. The summed E-state index contributed by atoms with van der Waals surface area (Å²) in [5.41, 5.74) is 3.84. The van der Waals surface area contributed by atoms with E-state index in [-0.39, 0.29) is 29.9 Å². The third kappa shape index (κ3) is 10.5. The van der Waals surface area contributed by atoms with E-state index in [0.717, 1.165) is 28.0 Å². The van der Waals surface area contributed by atoms with Gasteiger partial charge in [-0.05, 0) is 61.6 Å². The molecule has 3 aromatic rings. The van der Waals surface area contributed by atoms with Crippen molar-refractivity contribution in [3.8, 4) is 5.75 Å². The highest BCUT2D eigenvalue weighted by Crippen LogP contribution is 2.40. The second-order valence-corrected chi connectivity index (χ2v) is 15.2. The molecule has 0 bridgehead atoms. The highest BCUT2D eigenvalue weighted by atomic mass is 32.2. The van der Waals surface area contributed by atoms with Gasteiger partial charge in [-0.3, -0.25) is 19.2 Å². The van der Waals surface area contributed by atoms with Crippen LogP contribution >= 0.6 is 23.5 Å². The maximum atomic E-state index is 14.1. The van der Waals surface area contributed by atoms with E-state index in [1.165, 1.54) is 35.3 Å². The maximum Gasteiger partial charge on any atom is 0.254 e. The zero-order chi connectivity index (χ0) is 35.6. The zero-order valence-electron chi connectivity index (χ0n) is 28.6. The number of carbonyl (C=O) groups is 4. The number of amides is 4. The van der Waals surface area contributed by atoms with E-state index in [4.69, 9.17) is 4.74 Å². The molecule has 1 heterocycles. The van der Waals surface area contributed by atoms with E-state index in [1.54, 1.807) is 7.11 Å². The van der Waals surface area contributed by atoms with Crippen LogP contribution in [0, 0.1) is 6.92 Å². The highest BCUT2D eigenvalue weighted by Gasteiger charge is 2.49. The minimum absolute atomic E-state index is 0.153. The van der Waals surface area contributed by atoms with Gasteiger partial charge in [0, 0.05) is 29.7 Å². The Kier molecular flexibility index (Phi) is 13.6. The number of hydrogen-bond acceptors (Lipinski definition) is 8. The molecule has 3 aromatic carbocycles. The zero-order valence-corrected chi connectivity index (χ0v) is 30.2. The Bertz CT molecular complexity index is 1590. The lowest BCUT2D eigenvalue weighted by Gasteiger charge is -2.33. The molecule has 4 amide bonds. The van der Waals surface area contributed by atoms with E-state index in [0.29, 0.717) is 12.3 Å². The smallest absolute Gasteiger partial charge is 0.254 e. The van der Waals surface area contributed by atoms with Gasteiger partial charge < -0.3 is 30.7 Å². The fourth-order valence-electron chi connectivity index (χ4n) is 5.68. The van der Waals surface area contributed by atoms with E-state index >= 15 is 0 Å². The van der Waals surface area contributed by atoms with Gasteiger partial charge in [0.05, 0.1) is 19.0 Å². The third-order valence-electron chi connectivity index (χ3n) is 8.46. The number of aryl methyl sites for hydroxylation is 1. The number of ether oxygens (including phenoxy) is 1. The Morgan fingerprint density at radius 1 is 0.980 bits per heavy atom. The molecule has 0 unspecified atom stereocenters. The van der Waals surface area contributed by atoms with Crippen LogP contribution in [0.3, 0.4) is 0 Å². The van der Waals surface area contributed by atoms with Crippen LogP contribution < -0.4 is 20.7 Å². The van der Waals surface area contributed by atoms with Crippen LogP contribution in [-0.4, -0.2) is 81.4 Å². The molecular weight excluding hydrogens is 661 g/mol. The summed E-state index contributed by atoms with van der Waals surface area (Å²) in [6, 6.07) is 21.8. The first-order valence-electron chi connectivity index (χ1n) is 16.2. The van der Waals surface area contributed by atoms with Crippen molar-refractivity contribution >= 4 is 47.2 Å². The lowest BCUT2D eigenvalue weighted by atomic mass is 9.97. The fraction of sp³-hybridized carbons (Fsp3) is 0.405. The fourth-order valence-corrected chi connectivity index (χ4v) is 7.84. The predicted molar refractivity (Wildman–Crippen MR) is 195 cm³/mol. The minimum Gasteiger partial charge on any atom is -0.497 e. The molecule has 1 saturated heterocycles. The second kappa shape index (κ2) is 17.6. The first kappa shape index (κ1) is 37.8. The van der Waals surface area contributed by atoms with E-state index in [9.17, 15) is 24.3 Å². The Labute approximate surface area is 297 Å². The molecule has 0 spiro atoms. The molecule has 0 radical (unpaired) electrons. The van der Waals surface area contributed by atoms with Crippen molar-refractivity contribution in [2.24, 2.45) is 0 Å². The van der Waals surface area contributed by atoms with Crippen LogP contribution in [0.2, 0.25) is 0 Å². The van der Waals surface area contributed by atoms with Crippen LogP contribution in [0.4, 0.5) is 0 Å². The molecule has 1 fully saturated rings. The summed E-state index contributed by atoms with van der Waals surface area (Å²) >= 11 is 2.92. The molecule has 49 heavy (non-hydrogen) atoms. The predicted octanol–water partition coefficient (Wildman–Crippen LogP) is 3.83. The lowest BCUT2D eigenvalue weighted by molar-refractivity contribution is -0.148. The van der Waals surface area contributed by atoms with Crippen molar-refractivity contribution in [2.75, 3.05) is 18.7 Å². The molecule has 0 saturated carbocycles. The van der Waals surface area contributed by atoms with Crippen LogP contribution in [-0.2, 0) is 37.9 Å². The first-order chi connectivity index (χ1) is 23.4. The topological polar surface area (TPSA) is 137 Å². The number of aliphatic hydroxyl groups excluding tert-OH is 1. The van der Waals surface area contributed by atoms with E-state index in [2.05, 4.69) is 16.0 Å². The number of nitrogens with zero attached hydrogens (tertiary/aromatic N) is 1. The maximum absolute atomic E-state index is 14.1. The molecule has 262 valence electrons. The van der Waals surface area contributed by atoms with Gasteiger partial charge >= 0.3 is 0 Å². The average Bonchev–Trinajstić information content (AvgIpc) is 3.41. The first-order valence-corrected chi connectivity index (χ1v) is 18.3. The minimum atomic E-state index is -1.66. The average molecular weight is 707 g/mol. The number of methoxy groups -OCH3 is 1. The number of aliphatic hydroxyl groups is 1. The molecule has 4 rings (SSSR count). The van der Waals surface area contributed by atoms with Gasteiger partial charge in [0.25, 0.3) is 5.91 Å². The van der Waals surface area contributed by atoms with Gasteiger partial charge in [0.15, 0.2) is 6.10 Å². The Morgan fingerprint density at radius 2 is 1.65 bits per heavy atom. The Balaban J connectivity index is 1.50. The van der Waals surface area contributed by atoms with Gasteiger partial charge in [-0.15, -0.1) is 11.8 Å². The Hall–Kier alpha value is -4.00. The van der Waals surface area contributed by atoms with Gasteiger partial charge in [-0.1, -0.05) is 66.7 Å². The van der Waals surface area contributed by atoms with Crippen molar-refractivity contribution in [3.63, 3.8) is 0 Å². The Morgan fingerprint density at radius 3 is 2.31 bits per heavy atom. The van der Waals surface area contributed by atoms with Gasteiger partial charge in [0.2, 0.25) is 17.7 Å². The summed E-state index contributed by atoms with van der Waals surface area (Å²) in [7, 11) is 1.60. The third-order valence-corrected chi connectivity index (χ3v) is 10.9. The van der Waals surface area contributed by atoms with Crippen molar-refractivity contribution in [1.82, 2.24) is 20.9 Å². The molecule has 0 aliphatic carbocycles. The number of hydrogen-bond donors (Lipinski definition) is 4. The SMILES string of the molecule is COc1ccc(CSC[C@@H](NC(C)=O)C(=O)N[C@@H](Cc2ccccc2)[C@H](O)C(=O)N2CSC(C)(C)[C@H]2C(=O)NCc2ccccc2C)cc1. The van der Waals surface area contributed by atoms with Crippen LogP contribution in [0.25, 0.3) is 0 Å². The lowest BCUT2D eigenvalue weighted by Crippen LogP contribution is -2.60. The van der Waals surface area contributed by atoms with Gasteiger partial charge in [-0.25, -0.2) is 0 Å². The van der Waals surface area contributed by atoms with Crippen LogP contribution in [0.5, 0.6) is 5.75 Å². The number of carbonyl (C=O) groups excluding carboxylic acids is 4. The quantitative estimate of drug-likeness (QED) is 0.187. The standard InChI is InChI=1S/C37H46N4O6S2/c1-24-11-9-10-14-28(24)20-38-35(45)33-37(3,4)49-23-41(33)36(46)32(43)30(19-26-12-7-6-8-13-26)40-34(44)31(39-25(2)42)22-48-21-27-15-17-29(47-5)18-16-27/h6-18,30-33,43H,19-23H2,1-5H3,(H,38,45)(H,39,42)(H,40,44)/t30-,31+,32-,33+/m0/s1. The molecule has 1 aliphatic rings. The monoisotopic (exact) mass is 706 g/mol. The van der Waals surface area contributed by atoms with Crippen LogP contribution in [0.15, 0.2) is 78.9 Å².